The van der Waals surface area contributed by atoms with Crippen molar-refractivity contribution in [2.45, 2.75) is 40.0 Å². The first-order chi connectivity index (χ1) is 6.91. The number of rotatable bonds is 7. The standard InChI is InChI=1S/C12H20O3/c1-9(2)8-15-12(14)7-10(3)5-6-11(4)13/h9H,3,5-8H2,1-2,4H3. The van der Waals surface area contributed by atoms with E-state index in [2.05, 4.69) is 6.58 Å². The molecular weight excluding hydrogens is 192 g/mol. The molecule has 0 N–H and O–H groups in total. The molecule has 0 radical (unpaired) electrons. The van der Waals surface area contributed by atoms with E-state index >= 15 is 0 Å². The highest BCUT2D eigenvalue weighted by atomic mass is 16.5. The van der Waals surface area contributed by atoms with Crippen molar-refractivity contribution in [1.29, 1.82) is 0 Å². The van der Waals surface area contributed by atoms with Gasteiger partial charge in [0, 0.05) is 6.42 Å². The summed E-state index contributed by atoms with van der Waals surface area (Å²) in [7, 11) is 0. The third-order valence-corrected chi connectivity index (χ3v) is 1.80. The predicted molar refractivity (Wildman–Crippen MR) is 59.5 cm³/mol. The van der Waals surface area contributed by atoms with Gasteiger partial charge in [0.2, 0.25) is 0 Å². The molecule has 0 atom stereocenters. The lowest BCUT2D eigenvalue weighted by molar-refractivity contribution is -0.144. The van der Waals surface area contributed by atoms with Crippen LogP contribution >= 0.6 is 0 Å². The van der Waals surface area contributed by atoms with Crippen molar-refractivity contribution in [3.8, 4) is 0 Å². The van der Waals surface area contributed by atoms with E-state index in [1.165, 1.54) is 6.92 Å². The molecule has 0 amide bonds. The van der Waals surface area contributed by atoms with Gasteiger partial charge in [0.1, 0.15) is 5.78 Å². The average molecular weight is 212 g/mol. The minimum Gasteiger partial charge on any atom is -0.465 e. The van der Waals surface area contributed by atoms with Gasteiger partial charge in [0.15, 0.2) is 0 Å². The maximum atomic E-state index is 11.2. The summed E-state index contributed by atoms with van der Waals surface area (Å²) in [5.74, 6) is 0.211. The molecule has 0 unspecified atom stereocenters. The number of carbonyl (C=O) groups excluding carboxylic acids is 2. The fourth-order valence-corrected chi connectivity index (χ4v) is 0.956. The molecule has 0 aromatic carbocycles. The highest BCUT2D eigenvalue weighted by molar-refractivity contribution is 5.76. The van der Waals surface area contributed by atoms with Gasteiger partial charge in [-0.15, -0.1) is 0 Å². The highest BCUT2D eigenvalue weighted by Crippen LogP contribution is 2.09. The van der Waals surface area contributed by atoms with Gasteiger partial charge in [-0.25, -0.2) is 0 Å². The third-order valence-electron chi connectivity index (χ3n) is 1.80. The Bertz CT molecular complexity index is 241. The molecule has 0 aromatic heterocycles. The Hall–Kier alpha value is -1.12. The van der Waals surface area contributed by atoms with Crippen LogP contribution in [-0.2, 0) is 14.3 Å². The van der Waals surface area contributed by atoms with Crippen molar-refractivity contribution >= 4 is 11.8 Å². The molecule has 0 aliphatic heterocycles. The summed E-state index contributed by atoms with van der Waals surface area (Å²) in [6, 6.07) is 0. The Labute approximate surface area is 91.5 Å². The zero-order valence-corrected chi connectivity index (χ0v) is 9.84. The second kappa shape index (κ2) is 7.21. The Morgan fingerprint density at radius 3 is 2.33 bits per heavy atom. The van der Waals surface area contributed by atoms with Crippen molar-refractivity contribution in [2.75, 3.05) is 6.61 Å². The first-order valence-electron chi connectivity index (χ1n) is 5.23. The summed E-state index contributed by atoms with van der Waals surface area (Å²) in [6.07, 6.45) is 1.25. The van der Waals surface area contributed by atoms with Crippen LogP contribution in [0.1, 0.15) is 40.0 Å². The fraction of sp³-hybridized carbons (Fsp3) is 0.667. The van der Waals surface area contributed by atoms with Crippen molar-refractivity contribution < 1.29 is 14.3 Å². The monoisotopic (exact) mass is 212 g/mol. The van der Waals surface area contributed by atoms with E-state index in [1.54, 1.807) is 0 Å². The zero-order valence-electron chi connectivity index (χ0n) is 9.84. The molecule has 0 spiro atoms. The van der Waals surface area contributed by atoms with Gasteiger partial charge >= 0.3 is 5.97 Å². The molecule has 0 aromatic rings. The van der Waals surface area contributed by atoms with Crippen LogP contribution in [0.2, 0.25) is 0 Å². The normalized spacial score (nSPS) is 10.1. The molecular formula is C12H20O3. The fourth-order valence-electron chi connectivity index (χ4n) is 0.956. The van der Waals surface area contributed by atoms with Gasteiger partial charge in [0.05, 0.1) is 13.0 Å². The average Bonchev–Trinajstić information content (AvgIpc) is 2.11. The van der Waals surface area contributed by atoms with E-state index < -0.39 is 0 Å². The first kappa shape index (κ1) is 13.9. The topological polar surface area (TPSA) is 43.4 Å². The summed E-state index contributed by atoms with van der Waals surface area (Å²) >= 11 is 0. The van der Waals surface area contributed by atoms with Crippen LogP contribution in [0, 0.1) is 5.92 Å². The SMILES string of the molecule is C=C(CCC(C)=O)CC(=O)OCC(C)C. The molecule has 0 rings (SSSR count). The van der Waals surface area contributed by atoms with E-state index in [4.69, 9.17) is 4.74 Å². The van der Waals surface area contributed by atoms with E-state index in [0.29, 0.717) is 25.4 Å². The van der Waals surface area contributed by atoms with Crippen molar-refractivity contribution in [3.63, 3.8) is 0 Å². The highest BCUT2D eigenvalue weighted by Gasteiger charge is 2.07. The number of Topliss-reactive ketones (excluding diaryl/α,β-unsaturated/α-hetero) is 1. The molecule has 0 fully saturated rings. The van der Waals surface area contributed by atoms with Crippen LogP contribution in [0.5, 0.6) is 0 Å². The number of hydrogen-bond acceptors (Lipinski definition) is 3. The first-order valence-corrected chi connectivity index (χ1v) is 5.23. The maximum Gasteiger partial charge on any atom is 0.309 e. The summed E-state index contributed by atoms with van der Waals surface area (Å²) in [6.45, 7) is 9.68. The second-order valence-electron chi connectivity index (χ2n) is 4.21. The van der Waals surface area contributed by atoms with Crippen LogP contribution in [0.25, 0.3) is 0 Å². The Kier molecular flexibility index (Phi) is 6.67. The van der Waals surface area contributed by atoms with Gasteiger partial charge in [-0.05, 0) is 19.3 Å². The third kappa shape index (κ3) is 9.19. The Morgan fingerprint density at radius 1 is 1.27 bits per heavy atom. The van der Waals surface area contributed by atoms with E-state index in [9.17, 15) is 9.59 Å². The predicted octanol–water partition coefficient (Wildman–Crippen LogP) is 2.50. The van der Waals surface area contributed by atoms with Crippen LogP contribution in [-0.4, -0.2) is 18.4 Å². The molecule has 0 heterocycles. The Morgan fingerprint density at radius 2 is 1.87 bits per heavy atom. The van der Waals surface area contributed by atoms with Gasteiger partial charge in [-0.2, -0.15) is 0 Å². The molecule has 86 valence electrons. The molecule has 0 bridgehead atoms. The molecule has 15 heavy (non-hydrogen) atoms. The lowest BCUT2D eigenvalue weighted by atomic mass is 10.1. The molecule has 0 saturated carbocycles. The van der Waals surface area contributed by atoms with E-state index in [-0.39, 0.29) is 18.2 Å². The minimum atomic E-state index is -0.253. The van der Waals surface area contributed by atoms with Gasteiger partial charge < -0.3 is 9.53 Å². The maximum absolute atomic E-state index is 11.2. The van der Waals surface area contributed by atoms with Crippen molar-refractivity contribution in [2.24, 2.45) is 5.92 Å². The van der Waals surface area contributed by atoms with Gasteiger partial charge in [-0.1, -0.05) is 26.0 Å². The molecule has 3 heteroatoms. The van der Waals surface area contributed by atoms with E-state index in [0.717, 1.165) is 5.57 Å². The van der Waals surface area contributed by atoms with Crippen molar-refractivity contribution in [1.82, 2.24) is 0 Å². The summed E-state index contributed by atoms with van der Waals surface area (Å²) < 4.78 is 5.00. The van der Waals surface area contributed by atoms with E-state index in [1.807, 2.05) is 13.8 Å². The molecule has 0 aliphatic rings. The molecule has 0 aliphatic carbocycles. The Balaban J connectivity index is 3.67. The quantitative estimate of drug-likeness (QED) is 0.481. The minimum absolute atomic E-state index is 0.117. The number of carbonyl (C=O) groups is 2. The van der Waals surface area contributed by atoms with Gasteiger partial charge in [-0.3, -0.25) is 4.79 Å². The van der Waals surface area contributed by atoms with Gasteiger partial charge in [0.25, 0.3) is 0 Å². The zero-order chi connectivity index (χ0) is 11.8. The summed E-state index contributed by atoms with van der Waals surface area (Å²) in [4.78, 5) is 21.9. The summed E-state index contributed by atoms with van der Waals surface area (Å²) in [5, 5.41) is 0. The second-order valence-corrected chi connectivity index (χ2v) is 4.21. The number of esters is 1. The lowest BCUT2D eigenvalue weighted by Gasteiger charge is -2.08. The lowest BCUT2D eigenvalue weighted by Crippen LogP contribution is -2.10. The largest absolute Gasteiger partial charge is 0.465 e. The number of ether oxygens (including phenoxy) is 1. The summed E-state index contributed by atoms with van der Waals surface area (Å²) in [5.41, 5.74) is 0.763. The van der Waals surface area contributed by atoms with Crippen LogP contribution < -0.4 is 0 Å². The number of ketones is 1. The van der Waals surface area contributed by atoms with Crippen LogP contribution in [0.15, 0.2) is 12.2 Å². The van der Waals surface area contributed by atoms with Crippen LogP contribution in [0.4, 0.5) is 0 Å². The molecule has 3 nitrogen and oxygen atoms in total. The number of hydrogen-bond donors (Lipinski definition) is 0. The molecule has 0 saturated heterocycles. The van der Waals surface area contributed by atoms with Crippen molar-refractivity contribution in [3.05, 3.63) is 12.2 Å². The van der Waals surface area contributed by atoms with Crippen LogP contribution in [0.3, 0.4) is 0 Å². The smallest absolute Gasteiger partial charge is 0.309 e.